The fourth-order valence-corrected chi connectivity index (χ4v) is 16.0. The normalized spacial score (nSPS) is 29.0. The lowest BCUT2D eigenvalue weighted by molar-refractivity contribution is 0.0750. The zero-order chi connectivity index (χ0) is 46.9. The highest BCUT2D eigenvalue weighted by molar-refractivity contribution is 4.89. The van der Waals surface area contributed by atoms with Gasteiger partial charge in [-0.1, -0.05) is 242 Å². The molecule has 0 aliphatic heterocycles. The van der Waals surface area contributed by atoms with Crippen molar-refractivity contribution in [2.24, 2.45) is 77.8 Å². The summed E-state index contributed by atoms with van der Waals surface area (Å²) in [4.78, 5) is 0. The summed E-state index contributed by atoms with van der Waals surface area (Å²) in [5.41, 5.74) is 6.09. The molecule has 0 spiro atoms. The molecule has 0 nitrogen and oxygen atoms in total. The van der Waals surface area contributed by atoms with Gasteiger partial charge in [0.2, 0.25) is 0 Å². The summed E-state index contributed by atoms with van der Waals surface area (Å²) in [6, 6.07) is 0. The van der Waals surface area contributed by atoms with Crippen LogP contribution in [0.5, 0.6) is 0 Å². The lowest BCUT2D eigenvalue weighted by atomic mass is 9.62. The average Bonchev–Trinajstić information content (AvgIpc) is 2.91. The number of rotatable bonds is 0. The predicted molar refractivity (Wildman–Crippen MR) is 310 cm³/mol. The van der Waals surface area contributed by atoms with E-state index in [4.69, 9.17) is 0 Å². The van der Waals surface area contributed by atoms with Crippen molar-refractivity contribution in [2.75, 3.05) is 0 Å². The van der Waals surface area contributed by atoms with Crippen LogP contribution in [-0.4, -0.2) is 0 Å². The first kappa shape index (κ1) is 74.0. The van der Waals surface area contributed by atoms with Crippen LogP contribution in [-0.2, 0) is 0 Å². The Kier molecular flexibility index (Phi) is 32.7. The summed E-state index contributed by atoms with van der Waals surface area (Å²) in [5.74, 6) is 3.81. The largest absolute Gasteiger partial charge is 0.0776 e. The van der Waals surface area contributed by atoms with Crippen molar-refractivity contribution in [3.05, 3.63) is 0 Å². The van der Waals surface area contributed by atoms with Crippen LogP contribution < -0.4 is 0 Å². The second kappa shape index (κ2) is 28.7. The van der Waals surface area contributed by atoms with E-state index < -0.39 is 0 Å². The zero-order valence-corrected chi connectivity index (χ0v) is 46.9. The van der Waals surface area contributed by atoms with Crippen LogP contribution in [0.25, 0.3) is 0 Å². The van der Waals surface area contributed by atoms with E-state index in [0.717, 1.165) is 23.7 Å². The van der Waals surface area contributed by atoms with Crippen LogP contribution in [0.2, 0.25) is 0 Å². The fourth-order valence-electron chi connectivity index (χ4n) is 16.0. The van der Waals surface area contributed by atoms with E-state index in [0.29, 0.717) is 54.1 Å². The Morgan fingerprint density at radius 3 is 0.508 bits per heavy atom. The molecule has 0 heteroatoms. The van der Waals surface area contributed by atoms with Gasteiger partial charge >= 0.3 is 0 Å². The molecule has 0 radical (unpaired) electrons. The molecule has 0 aromatic carbocycles. The van der Waals surface area contributed by atoms with Crippen LogP contribution in [0.4, 0.5) is 0 Å². The second-order valence-corrected chi connectivity index (χ2v) is 31.5. The minimum atomic E-state index is 0. The minimum absolute atomic E-state index is 0. The van der Waals surface area contributed by atoms with Crippen LogP contribution >= 0.6 is 0 Å². The Balaban J connectivity index is -0.000000218. The van der Waals surface area contributed by atoms with Crippen LogP contribution in [0.3, 0.4) is 0 Å². The maximum atomic E-state index is 2.41. The SMILES string of the molecule is C.C.C.C.C.CC1(C)CCCC(C)(C)C1.CC1(C)CCCC(C)(C)C1.CC1CC(C)(C)CC(C)(C)C1.CC1CC(C)(C)CC(C)(C)C1.CC1CCCC(C)(C)C1.CC1CCCC(C)(C)C1. The van der Waals surface area contributed by atoms with Crippen molar-refractivity contribution in [3.8, 4) is 0 Å². The quantitative estimate of drug-likeness (QED) is 0.227. The Labute approximate surface area is 420 Å². The highest BCUT2D eigenvalue weighted by atomic mass is 14.4. The zero-order valence-electron chi connectivity index (χ0n) is 46.9. The first-order valence-electron chi connectivity index (χ1n) is 26.6. The Morgan fingerprint density at radius 2 is 0.385 bits per heavy atom. The van der Waals surface area contributed by atoms with Crippen molar-refractivity contribution >= 4 is 0 Å². The van der Waals surface area contributed by atoms with Crippen LogP contribution in [0.15, 0.2) is 0 Å². The van der Waals surface area contributed by atoms with Gasteiger partial charge in [0, 0.05) is 0 Å². The van der Waals surface area contributed by atoms with Gasteiger partial charge in [-0.25, -0.2) is 0 Å². The molecule has 6 aliphatic rings. The first-order valence-corrected chi connectivity index (χ1v) is 26.6. The Morgan fingerprint density at radius 1 is 0.215 bits per heavy atom. The molecule has 2 unspecified atom stereocenters. The van der Waals surface area contributed by atoms with Gasteiger partial charge in [0.25, 0.3) is 0 Å². The van der Waals surface area contributed by atoms with Gasteiger partial charge < -0.3 is 0 Å². The van der Waals surface area contributed by atoms with Gasteiger partial charge in [0.15, 0.2) is 0 Å². The van der Waals surface area contributed by atoms with Crippen molar-refractivity contribution in [2.45, 2.75) is 345 Å². The van der Waals surface area contributed by atoms with E-state index in [9.17, 15) is 0 Å². The van der Waals surface area contributed by atoms with Gasteiger partial charge in [-0.15, -0.1) is 0 Å². The Hall–Kier alpha value is 0. The van der Waals surface area contributed by atoms with Gasteiger partial charge in [-0.05, 0) is 181 Å². The molecule has 0 amide bonds. The van der Waals surface area contributed by atoms with Crippen molar-refractivity contribution < 1.29 is 0 Å². The van der Waals surface area contributed by atoms with Crippen molar-refractivity contribution in [1.29, 1.82) is 0 Å². The maximum absolute atomic E-state index is 2.41. The molecule has 6 rings (SSSR count). The van der Waals surface area contributed by atoms with E-state index in [1.54, 1.807) is 0 Å². The Bertz CT molecular complexity index is 1040. The maximum Gasteiger partial charge on any atom is -0.0347 e. The topological polar surface area (TPSA) is 0 Å². The lowest BCUT2D eigenvalue weighted by Crippen LogP contribution is -2.32. The first-order chi connectivity index (χ1) is 26.6. The van der Waals surface area contributed by atoms with Crippen LogP contribution in [0, 0.1) is 77.8 Å². The minimum Gasteiger partial charge on any atom is -0.0776 e. The molecule has 0 aromatic rings. The van der Waals surface area contributed by atoms with Gasteiger partial charge in [-0.3, -0.25) is 0 Å². The van der Waals surface area contributed by atoms with Gasteiger partial charge in [-0.2, -0.15) is 0 Å². The molecule has 6 fully saturated rings. The molecule has 0 saturated heterocycles. The third-order valence-corrected chi connectivity index (χ3v) is 15.7. The third kappa shape index (κ3) is 34.9. The molecule has 0 N–H and O–H groups in total. The van der Waals surface area contributed by atoms with E-state index in [1.807, 2.05) is 0 Å². The van der Waals surface area contributed by atoms with Crippen LogP contribution in [0.1, 0.15) is 345 Å². The van der Waals surface area contributed by atoms with Gasteiger partial charge in [0.1, 0.15) is 0 Å². The van der Waals surface area contributed by atoms with Crippen molar-refractivity contribution in [3.63, 3.8) is 0 Å². The summed E-state index contributed by atoms with van der Waals surface area (Å²) in [6.07, 6.45) is 31.4. The molecule has 6 saturated carbocycles. The second-order valence-electron chi connectivity index (χ2n) is 31.5. The smallest absolute Gasteiger partial charge is 0.0347 e. The van der Waals surface area contributed by atoms with E-state index in [1.165, 1.54) is 141 Å². The number of hydrogen-bond acceptors (Lipinski definition) is 0. The molecule has 0 bridgehead atoms. The van der Waals surface area contributed by atoms with E-state index in [2.05, 4.69) is 166 Å². The lowest BCUT2D eigenvalue weighted by Gasteiger charge is -2.44. The standard InChI is InChI=1S/2C11H22.2C10H20.2C9H18.5CH4/c2*1-9-6-10(2,3)8-11(4,5)7-9;2*1-9(2)6-5-7-10(3,4)8-9;2*1-8-5-4-6-9(2,3)7-8;;;;;/h2*9H,6-8H2,1-5H3;2*5-8H2,1-4H3;2*8H,4-7H2,1-3H3;5*1H4. The van der Waals surface area contributed by atoms with Gasteiger partial charge in [0.05, 0.1) is 0 Å². The molecule has 0 aromatic heterocycles. The highest BCUT2D eigenvalue weighted by Crippen LogP contribution is 2.50. The average molecular weight is 922 g/mol. The van der Waals surface area contributed by atoms with Crippen molar-refractivity contribution in [1.82, 2.24) is 0 Å². The fraction of sp³-hybridized carbons (Fsp3) is 1.00. The summed E-state index contributed by atoms with van der Waals surface area (Å²) in [5, 5.41) is 0. The van der Waals surface area contributed by atoms with E-state index in [-0.39, 0.29) is 37.1 Å². The molecule has 65 heavy (non-hydrogen) atoms. The summed E-state index contributed by atoms with van der Waals surface area (Å²) < 4.78 is 0. The monoisotopic (exact) mass is 921 g/mol. The molecular weight excluding hydrogens is 781 g/mol. The molecule has 2 atom stereocenters. The third-order valence-electron chi connectivity index (χ3n) is 15.7. The number of hydrogen-bond donors (Lipinski definition) is 0. The summed E-state index contributed by atoms with van der Waals surface area (Å²) in [6.45, 7) is 57.5. The predicted octanol–water partition coefficient (Wildman–Crippen LogP) is 24.6. The molecule has 6 aliphatic carbocycles. The summed E-state index contributed by atoms with van der Waals surface area (Å²) in [7, 11) is 0. The molecule has 400 valence electrons. The highest BCUT2D eigenvalue weighted by Gasteiger charge is 2.38. The molecular formula is C65H140. The van der Waals surface area contributed by atoms with E-state index >= 15 is 0 Å². The molecule has 0 heterocycles. The summed E-state index contributed by atoms with van der Waals surface area (Å²) >= 11 is 0.